The van der Waals surface area contributed by atoms with Crippen LogP contribution in [0.3, 0.4) is 0 Å². The molecule has 1 aromatic heterocycles. The van der Waals surface area contributed by atoms with E-state index in [1.807, 2.05) is 30.5 Å². The molecule has 1 fully saturated rings. The lowest BCUT2D eigenvalue weighted by molar-refractivity contribution is -0.162. The molecule has 3 rings (SSSR count). The number of carbonyl (C=O) groups is 1. The summed E-state index contributed by atoms with van der Waals surface area (Å²) >= 11 is 0. The van der Waals surface area contributed by atoms with E-state index >= 15 is 0 Å². The van der Waals surface area contributed by atoms with E-state index in [0.717, 1.165) is 55.2 Å². The van der Waals surface area contributed by atoms with E-state index in [0.29, 0.717) is 6.61 Å². The summed E-state index contributed by atoms with van der Waals surface area (Å²) in [6.45, 7) is 2.35. The quantitative estimate of drug-likeness (QED) is 0.604. The van der Waals surface area contributed by atoms with Crippen molar-refractivity contribution in [3.05, 3.63) is 36.0 Å². The SMILES string of the molecule is O=Cc1cn(CCCOC2CCCCO2)c2ccccc12. The van der Waals surface area contributed by atoms with E-state index in [4.69, 9.17) is 9.47 Å². The molecule has 21 heavy (non-hydrogen) atoms. The maximum Gasteiger partial charge on any atom is 0.157 e. The molecular formula is C17H21NO3. The van der Waals surface area contributed by atoms with Gasteiger partial charge in [0.25, 0.3) is 0 Å². The minimum absolute atomic E-state index is 0.0225. The number of aryl methyl sites for hydroxylation is 1. The molecular weight excluding hydrogens is 266 g/mol. The van der Waals surface area contributed by atoms with Crippen LogP contribution < -0.4 is 0 Å². The molecule has 0 saturated carbocycles. The van der Waals surface area contributed by atoms with Gasteiger partial charge in [0.05, 0.1) is 6.61 Å². The van der Waals surface area contributed by atoms with Crippen molar-refractivity contribution in [2.75, 3.05) is 13.2 Å². The highest BCUT2D eigenvalue weighted by molar-refractivity contribution is 5.97. The normalized spacial score (nSPS) is 19.0. The molecule has 4 heteroatoms. The van der Waals surface area contributed by atoms with Gasteiger partial charge < -0.3 is 14.0 Å². The number of benzene rings is 1. The maximum absolute atomic E-state index is 11.1. The molecule has 0 spiro atoms. The highest BCUT2D eigenvalue weighted by Gasteiger charge is 2.13. The van der Waals surface area contributed by atoms with Gasteiger partial charge in [-0.3, -0.25) is 4.79 Å². The van der Waals surface area contributed by atoms with Crippen molar-refractivity contribution in [2.45, 2.75) is 38.5 Å². The van der Waals surface area contributed by atoms with Gasteiger partial charge >= 0.3 is 0 Å². The fraction of sp³-hybridized carbons (Fsp3) is 0.471. The summed E-state index contributed by atoms with van der Waals surface area (Å²) in [6.07, 6.45) is 7.07. The van der Waals surface area contributed by atoms with Gasteiger partial charge in [-0.25, -0.2) is 0 Å². The average Bonchev–Trinajstić information content (AvgIpc) is 2.91. The summed E-state index contributed by atoms with van der Waals surface area (Å²) in [5, 5.41) is 1.02. The first-order valence-electron chi connectivity index (χ1n) is 7.65. The number of aldehydes is 1. The second-order valence-corrected chi connectivity index (χ2v) is 5.43. The van der Waals surface area contributed by atoms with Gasteiger partial charge in [-0.05, 0) is 31.7 Å². The average molecular weight is 287 g/mol. The topological polar surface area (TPSA) is 40.5 Å². The highest BCUT2D eigenvalue weighted by Crippen LogP contribution is 2.20. The summed E-state index contributed by atoms with van der Waals surface area (Å²) < 4.78 is 13.4. The Morgan fingerprint density at radius 1 is 1.33 bits per heavy atom. The van der Waals surface area contributed by atoms with Crippen LogP contribution in [0.15, 0.2) is 30.5 Å². The Balaban J connectivity index is 1.56. The standard InChI is InChI=1S/C17H21NO3/c19-13-14-12-18(16-7-2-1-6-15(14)16)9-5-11-21-17-8-3-4-10-20-17/h1-2,6-7,12-13,17H,3-5,8-11H2. The van der Waals surface area contributed by atoms with Crippen molar-refractivity contribution in [3.63, 3.8) is 0 Å². The molecule has 4 nitrogen and oxygen atoms in total. The van der Waals surface area contributed by atoms with E-state index in [1.165, 1.54) is 6.42 Å². The fourth-order valence-electron chi connectivity index (χ4n) is 2.85. The van der Waals surface area contributed by atoms with Crippen LogP contribution >= 0.6 is 0 Å². The summed E-state index contributed by atoms with van der Waals surface area (Å²) in [5.74, 6) is 0. The zero-order chi connectivity index (χ0) is 14.5. The maximum atomic E-state index is 11.1. The number of ether oxygens (including phenoxy) is 2. The van der Waals surface area contributed by atoms with Crippen molar-refractivity contribution >= 4 is 17.2 Å². The third-order valence-electron chi connectivity index (χ3n) is 3.93. The molecule has 1 aliphatic heterocycles. The zero-order valence-electron chi connectivity index (χ0n) is 12.2. The van der Waals surface area contributed by atoms with Crippen LogP contribution in [-0.4, -0.2) is 30.4 Å². The van der Waals surface area contributed by atoms with E-state index < -0.39 is 0 Å². The molecule has 0 radical (unpaired) electrons. The van der Waals surface area contributed by atoms with Crippen LogP contribution in [0.1, 0.15) is 36.0 Å². The lowest BCUT2D eigenvalue weighted by Crippen LogP contribution is -2.22. The summed E-state index contributed by atoms with van der Waals surface area (Å²) in [6, 6.07) is 8.00. The van der Waals surface area contributed by atoms with E-state index in [-0.39, 0.29) is 6.29 Å². The smallest absolute Gasteiger partial charge is 0.157 e. The van der Waals surface area contributed by atoms with Gasteiger partial charge in [0, 0.05) is 35.8 Å². The molecule has 0 N–H and O–H groups in total. The molecule has 1 aromatic carbocycles. The molecule has 0 amide bonds. The minimum atomic E-state index is -0.0225. The first-order chi connectivity index (χ1) is 10.4. The Morgan fingerprint density at radius 2 is 2.24 bits per heavy atom. The summed E-state index contributed by atoms with van der Waals surface area (Å²) in [4.78, 5) is 11.1. The molecule has 0 bridgehead atoms. The van der Waals surface area contributed by atoms with Gasteiger partial charge in [-0.2, -0.15) is 0 Å². The number of para-hydroxylation sites is 1. The monoisotopic (exact) mass is 287 g/mol. The van der Waals surface area contributed by atoms with Gasteiger partial charge in [0.1, 0.15) is 0 Å². The second kappa shape index (κ2) is 6.87. The number of rotatable bonds is 6. The Morgan fingerprint density at radius 3 is 3.05 bits per heavy atom. The van der Waals surface area contributed by atoms with Crippen molar-refractivity contribution in [3.8, 4) is 0 Å². The van der Waals surface area contributed by atoms with Gasteiger partial charge in [-0.1, -0.05) is 18.2 Å². The lowest BCUT2D eigenvalue weighted by Gasteiger charge is -2.22. The van der Waals surface area contributed by atoms with Crippen molar-refractivity contribution in [2.24, 2.45) is 0 Å². The predicted octanol–water partition coefficient (Wildman–Crippen LogP) is 3.39. The van der Waals surface area contributed by atoms with Crippen LogP contribution in [0.4, 0.5) is 0 Å². The molecule has 2 heterocycles. The number of hydrogen-bond donors (Lipinski definition) is 0. The van der Waals surface area contributed by atoms with E-state index in [2.05, 4.69) is 4.57 Å². The zero-order valence-corrected chi connectivity index (χ0v) is 12.2. The molecule has 0 aliphatic carbocycles. The summed E-state index contributed by atoms with van der Waals surface area (Å²) in [7, 11) is 0. The van der Waals surface area contributed by atoms with Crippen LogP contribution in [0.2, 0.25) is 0 Å². The Hall–Kier alpha value is -1.65. The van der Waals surface area contributed by atoms with Crippen LogP contribution in [-0.2, 0) is 16.0 Å². The van der Waals surface area contributed by atoms with Crippen molar-refractivity contribution in [1.29, 1.82) is 0 Å². The lowest BCUT2D eigenvalue weighted by atomic mass is 10.2. The Labute approximate surface area is 124 Å². The first-order valence-corrected chi connectivity index (χ1v) is 7.65. The Kier molecular flexibility index (Phi) is 4.68. The third kappa shape index (κ3) is 3.34. The van der Waals surface area contributed by atoms with E-state index in [1.54, 1.807) is 0 Å². The predicted molar refractivity (Wildman–Crippen MR) is 81.5 cm³/mol. The van der Waals surface area contributed by atoms with Gasteiger partial charge in [-0.15, -0.1) is 0 Å². The van der Waals surface area contributed by atoms with Crippen molar-refractivity contribution < 1.29 is 14.3 Å². The molecule has 1 aliphatic rings. The first kappa shape index (κ1) is 14.3. The van der Waals surface area contributed by atoms with Gasteiger partial charge in [0.2, 0.25) is 0 Å². The number of carbonyl (C=O) groups excluding carboxylic acids is 1. The molecule has 112 valence electrons. The minimum Gasteiger partial charge on any atom is -0.353 e. The number of aromatic nitrogens is 1. The van der Waals surface area contributed by atoms with Crippen LogP contribution in [0.5, 0.6) is 0 Å². The van der Waals surface area contributed by atoms with Gasteiger partial charge in [0.15, 0.2) is 12.6 Å². The van der Waals surface area contributed by atoms with E-state index in [9.17, 15) is 4.79 Å². The largest absolute Gasteiger partial charge is 0.353 e. The van der Waals surface area contributed by atoms with Crippen LogP contribution in [0.25, 0.3) is 10.9 Å². The third-order valence-corrected chi connectivity index (χ3v) is 3.93. The van der Waals surface area contributed by atoms with Crippen LogP contribution in [0, 0.1) is 0 Å². The number of hydrogen-bond acceptors (Lipinski definition) is 3. The number of nitrogens with zero attached hydrogens (tertiary/aromatic N) is 1. The van der Waals surface area contributed by atoms with Crippen molar-refractivity contribution in [1.82, 2.24) is 4.57 Å². The number of fused-ring (bicyclic) bond motifs is 1. The summed E-state index contributed by atoms with van der Waals surface area (Å²) in [5.41, 5.74) is 1.86. The fourth-order valence-corrected chi connectivity index (χ4v) is 2.85. The molecule has 1 unspecified atom stereocenters. The molecule has 2 aromatic rings. The highest BCUT2D eigenvalue weighted by atomic mass is 16.7. The Bertz CT molecular complexity index is 599. The molecule has 1 saturated heterocycles. The second-order valence-electron chi connectivity index (χ2n) is 5.43. The molecule has 1 atom stereocenters.